The van der Waals surface area contributed by atoms with E-state index in [2.05, 4.69) is 9.98 Å². The molecule has 0 saturated carbocycles. The lowest BCUT2D eigenvalue weighted by molar-refractivity contribution is 0.0734. The second kappa shape index (κ2) is 9.70. The summed E-state index contributed by atoms with van der Waals surface area (Å²) in [6.45, 7) is 0. The fourth-order valence-corrected chi connectivity index (χ4v) is 3.79. The van der Waals surface area contributed by atoms with Crippen LogP contribution in [0.3, 0.4) is 0 Å². The first kappa shape index (κ1) is 22.8. The third-order valence-electron chi connectivity index (χ3n) is 5.07. The second-order valence-corrected chi connectivity index (χ2v) is 8.36. The molecule has 0 aliphatic heterocycles. The topological polar surface area (TPSA) is 64.7 Å². The van der Waals surface area contributed by atoms with Gasteiger partial charge in [0.15, 0.2) is 5.58 Å². The van der Waals surface area contributed by atoms with Crippen molar-refractivity contribution < 1.29 is 18.3 Å². The monoisotopic (exact) mass is 504 g/mol. The van der Waals surface area contributed by atoms with Crippen molar-refractivity contribution in [3.8, 4) is 17.2 Å². The minimum Gasteiger partial charge on any atom is -0.436 e. The summed E-state index contributed by atoms with van der Waals surface area (Å²) < 4.78 is 24.2. The zero-order valence-electron chi connectivity index (χ0n) is 17.9. The highest BCUT2D eigenvalue weighted by atomic mass is 35.5. The molecule has 0 unspecified atom stereocenters. The summed E-state index contributed by atoms with van der Waals surface area (Å²) in [5, 5.41) is 0.986. The van der Waals surface area contributed by atoms with Crippen LogP contribution in [0.4, 0.5) is 10.1 Å². The molecule has 0 aliphatic carbocycles. The number of carbonyl (C=O) groups is 1. The van der Waals surface area contributed by atoms with E-state index in [0.717, 1.165) is 5.56 Å². The van der Waals surface area contributed by atoms with Gasteiger partial charge in [0.1, 0.15) is 17.1 Å². The smallest absolute Gasteiger partial charge is 0.343 e. The Morgan fingerprint density at radius 2 is 1.71 bits per heavy atom. The number of rotatable bonds is 5. The molecule has 0 radical (unpaired) electrons. The van der Waals surface area contributed by atoms with Crippen LogP contribution in [-0.4, -0.2) is 17.2 Å². The van der Waals surface area contributed by atoms with Crippen LogP contribution >= 0.6 is 23.2 Å². The number of fused-ring (bicyclic) bond motifs is 1. The Bertz CT molecular complexity index is 1560. The van der Waals surface area contributed by atoms with Crippen LogP contribution in [-0.2, 0) is 0 Å². The highest BCUT2D eigenvalue weighted by Gasteiger charge is 2.12. The lowest BCUT2D eigenvalue weighted by Gasteiger charge is -2.04. The Labute approximate surface area is 209 Å². The molecule has 172 valence electrons. The molecule has 5 nitrogen and oxygen atoms in total. The van der Waals surface area contributed by atoms with Crippen LogP contribution in [0, 0.1) is 5.82 Å². The number of aliphatic imine (C=N–C) groups is 1. The molecule has 5 aromatic rings. The van der Waals surface area contributed by atoms with Crippen molar-refractivity contribution in [3.05, 3.63) is 112 Å². The van der Waals surface area contributed by atoms with Crippen LogP contribution in [0.5, 0.6) is 5.75 Å². The number of oxazole rings is 1. The summed E-state index contributed by atoms with van der Waals surface area (Å²) in [5.41, 5.74) is 3.66. The van der Waals surface area contributed by atoms with Gasteiger partial charge in [-0.2, -0.15) is 0 Å². The number of nitrogens with zero attached hydrogens (tertiary/aromatic N) is 2. The molecule has 0 amide bonds. The molecule has 4 aromatic carbocycles. The van der Waals surface area contributed by atoms with Crippen LogP contribution in [0.2, 0.25) is 10.0 Å². The Morgan fingerprint density at radius 1 is 0.943 bits per heavy atom. The van der Waals surface area contributed by atoms with E-state index in [4.69, 9.17) is 32.4 Å². The Morgan fingerprint density at radius 3 is 2.46 bits per heavy atom. The predicted molar refractivity (Wildman–Crippen MR) is 135 cm³/mol. The van der Waals surface area contributed by atoms with E-state index >= 15 is 0 Å². The van der Waals surface area contributed by atoms with Gasteiger partial charge in [-0.1, -0.05) is 23.2 Å². The molecule has 0 aliphatic rings. The molecule has 0 saturated heterocycles. The van der Waals surface area contributed by atoms with Crippen molar-refractivity contribution in [2.24, 2.45) is 4.99 Å². The molecule has 5 rings (SSSR count). The van der Waals surface area contributed by atoms with Crippen LogP contribution in [0.25, 0.3) is 22.6 Å². The van der Waals surface area contributed by atoms with Gasteiger partial charge in [0.2, 0.25) is 5.89 Å². The van der Waals surface area contributed by atoms with E-state index in [1.807, 2.05) is 12.1 Å². The Balaban J connectivity index is 1.29. The first-order valence-electron chi connectivity index (χ1n) is 10.4. The van der Waals surface area contributed by atoms with Gasteiger partial charge < -0.3 is 9.15 Å². The maximum atomic E-state index is 13.0. The van der Waals surface area contributed by atoms with Crippen LogP contribution in [0.1, 0.15) is 15.9 Å². The lowest BCUT2D eigenvalue weighted by atomic mass is 10.2. The van der Waals surface area contributed by atoms with Gasteiger partial charge in [0.25, 0.3) is 0 Å². The Hall–Kier alpha value is -4.00. The van der Waals surface area contributed by atoms with Gasteiger partial charge in [-0.25, -0.2) is 14.2 Å². The number of hydrogen-bond donors (Lipinski definition) is 0. The summed E-state index contributed by atoms with van der Waals surface area (Å²) in [4.78, 5) is 21.2. The van der Waals surface area contributed by atoms with E-state index < -0.39 is 11.8 Å². The summed E-state index contributed by atoms with van der Waals surface area (Å²) in [5.74, 6) is -0.215. The molecule has 0 spiro atoms. The van der Waals surface area contributed by atoms with Gasteiger partial charge >= 0.3 is 5.97 Å². The van der Waals surface area contributed by atoms with Gasteiger partial charge in [0.05, 0.1) is 21.8 Å². The quantitative estimate of drug-likeness (QED) is 0.138. The number of carbonyl (C=O) groups excluding carboxylic acids is 1. The van der Waals surface area contributed by atoms with Crippen molar-refractivity contribution in [2.75, 3.05) is 0 Å². The fraction of sp³-hybridized carbons (Fsp3) is 0. The average molecular weight is 505 g/mol. The van der Waals surface area contributed by atoms with Crippen LogP contribution in [0.15, 0.2) is 94.3 Å². The number of ether oxygens (including phenoxy) is 1. The largest absolute Gasteiger partial charge is 0.436 e. The minimum absolute atomic E-state index is 0.266. The van der Waals surface area contributed by atoms with Crippen molar-refractivity contribution in [3.63, 3.8) is 0 Å². The third-order valence-corrected chi connectivity index (χ3v) is 5.61. The molecule has 35 heavy (non-hydrogen) atoms. The summed E-state index contributed by atoms with van der Waals surface area (Å²) in [7, 11) is 0. The van der Waals surface area contributed by atoms with E-state index in [1.165, 1.54) is 24.3 Å². The molecular weight excluding hydrogens is 490 g/mol. The molecule has 0 bridgehead atoms. The number of esters is 1. The molecular formula is C27H15Cl2FN2O3. The molecule has 8 heteroatoms. The molecule has 0 atom stereocenters. The van der Waals surface area contributed by atoms with Crippen molar-refractivity contribution in [1.82, 2.24) is 4.98 Å². The fourth-order valence-electron chi connectivity index (χ4n) is 3.30. The van der Waals surface area contributed by atoms with E-state index in [0.29, 0.717) is 44.0 Å². The van der Waals surface area contributed by atoms with Crippen LogP contribution < -0.4 is 4.74 Å². The van der Waals surface area contributed by atoms with E-state index in [1.54, 1.807) is 54.7 Å². The SMILES string of the molecule is O=C(Oc1ccc(C=Nc2ccc3oc(-c4ccc(Cl)cc4Cl)nc3c2)cc1)c1ccc(F)cc1. The second-order valence-electron chi connectivity index (χ2n) is 7.52. The summed E-state index contributed by atoms with van der Waals surface area (Å²) >= 11 is 12.2. The Kier molecular flexibility index (Phi) is 6.31. The average Bonchev–Trinajstić information content (AvgIpc) is 3.27. The molecule has 1 heterocycles. The first-order valence-corrected chi connectivity index (χ1v) is 11.2. The van der Waals surface area contributed by atoms with Crippen molar-refractivity contribution >= 4 is 52.2 Å². The zero-order valence-corrected chi connectivity index (χ0v) is 19.4. The van der Waals surface area contributed by atoms with Gasteiger partial charge in [-0.15, -0.1) is 0 Å². The van der Waals surface area contributed by atoms with Gasteiger partial charge in [-0.05, 0) is 90.5 Å². The minimum atomic E-state index is -0.563. The van der Waals surface area contributed by atoms with E-state index in [-0.39, 0.29) is 5.56 Å². The summed E-state index contributed by atoms with van der Waals surface area (Å²) in [6, 6.07) is 22.6. The highest BCUT2D eigenvalue weighted by Crippen LogP contribution is 2.33. The zero-order chi connectivity index (χ0) is 24.4. The molecule has 0 fully saturated rings. The number of benzene rings is 4. The first-order chi connectivity index (χ1) is 16.9. The predicted octanol–water partition coefficient (Wildman–Crippen LogP) is 7.91. The van der Waals surface area contributed by atoms with Gasteiger partial charge in [0, 0.05) is 11.2 Å². The van der Waals surface area contributed by atoms with E-state index in [9.17, 15) is 9.18 Å². The number of halogens is 3. The maximum Gasteiger partial charge on any atom is 0.343 e. The standard InChI is InChI=1S/C27H15Cl2FN2O3/c28-18-5-11-22(23(29)13-18)26-32-24-14-20(8-12-25(24)35-26)31-15-16-1-9-21(10-2-16)34-27(33)17-3-6-19(30)7-4-17/h1-15H. The summed E-state index contributed by atoms with van der Waals surface area (Å²) in [6.07, 6.45) is 1.68. The molecule has 1 aromatic heterocycles. The molecule has 0 N–H and O–H groups in total. The highest BCUT2D eigenvalue weighted by molar-refractivity contribution is 6.36. The van der Waals surface area contributed by atoms with Gasteiger partial charge in [-0.3, -0.25) is 4.99 Å². The number of aromatic nitrogens is 1. The van der Waals surface area contributed by atoms with Crippen molar-refractivity contribution in [1.29, 1.82) is 0 Å². The normalized spacial score (nSPS) is 11.3. The van der Waals surface area contributed by atoms with Crippen molar-refractivity contribution in [2.45, 2.75) is 0 Å². The maximum absolute atomic E-state index is 13.0. The lowest BCUT2D eigenvalue weighted by Crippen LogP contribution is -2.08. The third kappa shape index (κ3) is 5.24. The number of hydrogen-bond acceptors (Lipinski definition) is 5.